The van der Waals surface area contributed by atoms with Crippen molar-refractivity contribution >= 4 is 34.1 Å². The van der Waals surface area contributed by atoms with Gasteiger partial charge in [-0.15, -0.1) is 10.2 Å². The Morgan fingerprint density at radius 3 is 2.88 bits per heavy atom. The van der Waals surface area contributed by atoms with E-state index >= 15 is 0 Å². The SMILES string of the molecule is COCCNc1nnc(SC(C)C(=O)NC(C)C2CC3CCC2C3)s1. The summed E-state index contributed by atoms with van der Waals surface area (Å²) in [6, 6.07) is 0.270. The van der Waals surface area contributed by atoms with Gasteiger partial charge in [0.1, 0.15) is 0 Å². The van der Waals surface area contributed by atoms with E-state index in [4.69, 9.17) is 4.74 Å². The second-order valence-electron chi connectivity index (χ2n) is 7.19. The zero-order valence-corrected chi connectivity index (χ0v) is 16.8. The van der Waals surface area contributed by atoms with E-state index in [-0.39, 0.29) is 17.2 Å². The number of carbonyl (C=O) groups excluding carboxylic acids is 1. The molecule has 1 aromatic heterocycles. The third-order valence-electron chi connectivity index (χ3n) is 5.44. The second kappa shape index (κ2) is 8.68. The van der Waals surface area contributed by atoms with Gasteiger partial charge < -0.3 is 15.4 Å². The molecule has 1 aromatic rings. The van der Waals surface area contributed by atoms with Crippen molar-refractivity contribution in [1.29, 1.82) is 0 Å². The van der Waals surface area contributed by atoms with Gasteiger partial charge in [0.15, 0.2) is 4.34 Å². The lowest BCUT2D eigenvalue weighted by atomic mass is 9.84. The number of hydrogen-bond acceptors (Lipinski definition) is 7. The summed E-state index contributed by atoms with van der Waals surface area (Å²) >= 11 is 2.95. The van der Waals surface area contributed by atoms with E-state index in [2.05, 4.69) is 27.8 Å². The van der Waals surface area contributed by atoms with Crippen molar-refractivity contribution in [3.05, 3.63) is 0 Å². The molecule has 5 atom stereocenters. The van der Waals surface area contributed by atoms with Crippen LogP contribution in [-0.2, 0) is 9.53 Å². The first-order valence-corrected chi connectivity index (χ1v) is 10.8. The van der Waals surface area contributed by atoms with Crippen molar-refractivity contribution in [3.63, 3.8) is 0 Å². The third-order valence-corrected chi connectivity index (χ3v) is 7.51. The van der Waals surface area contributed by atoms with Crippen LogP contribution in [0.1, 0.15) is 39.5 Å². The van der Waals surface area contributed by atoms with Crippen molar-refractivity contribution in [2.45, 2.75) is 55.2 Å². The fourth-order valence-electron chi connectivity index (χ4n) is 4.15. The van der Waals surface area contributed by atoms with Crippen LogP contribution >= 0.6 is 23.1 Å². The predicted octanol–water partition coefficient (Wildman–Crippen LogP) is 3.02. The minimum Gasteiger partial charge on any atom is -0.383 e. The highest BCUT2D eigenvalue weighted by atomic mass is 32.2. The Bertz CT molecular complexity index is 583. The van der Waals surface area contributed by atoms with Crippen LogP contribution in [0.5, 0.6) is 0 Å². The first-order valence-electron chi connectivity index (χ1n) is 9.10. The molecule has 2 saturated carbocycles. The lowest BCUT2D eigenvalue weighted by Crippen LogP contribution is -2.43. The predicted molar refractivity (Wildman–Crippen MR) is 102 cm³/mol. The van der Waals surface area contributed by atoms with Crippen molar-refractivity contribution in [1.82, 2.24) is 15.5 Å². The first-order chi connectivity index (χ1) is 12.1. The summed E-state index contributed by atoms with van der Waals surface area (Å²) in [5.74, 6) is 2.50. The number of rotatable bonds is 9. The maximum Gasteiger partial charge on any atom is 0.233 e. The first kappa shape index (κ1) is 18.9. The summed E-state index contributed by atoms with van der Waals surface area (Å²) in [5, 5.41) is 15.3. The van der Waals surface area contributed by atoms with Crippen LogP contribution in [0.3, 0.4) is 0 Å². The molecular formula is C17H28N4O2S2. The van der Waals surface area contributed by atoms with Crippen LogP contribution < -0.4 is 10.6 Å². The maximum atomic E-state index is 12.5. The zero-order valence-electron chi connectivity index (χ0n) is 15.2. The third kappa shape index (κ3) is 4.86. The molecule has 2 aliphatic carbocycles. The highest BCUT2D eigenvalue weighted by Gasteiger charge is 2.42. The summed E-state index contributed by atoms with van der Waals surface area (Å²) in [4.78, 5) is 12.5. The molecule has 0 saturated heterocycles. The number of nitrogens with one attached hydrogen (secondary N) is 2. The van der Waals surface area contributed by atoms with E-state index in [0.717, 1.165) is 21.3 Å². The zero-order chi connectivity index (χ0) is 17.8. The normalized spacial score (nSPS) is 27.2. The molecule has 5 unspecified atom stereocenters. The smallest absolute Gasteiger partial charge is 0.233 e. The summed E-state index contributed by atoms with van der Waals surface area (Å²) in [7, 11) is 1.67. The van der Waals surface area contributed by atoms with Crippen LogP contribution in [-0.4, -0.2) is 47.7 Å². The van der Waals surface area contributed by atoms with Crippen LogP contribution in [0.15, 0.2) is 4.34 Å². The molecule has 1 amide bonds. The number of aromatic nitrogens is 2. The molecule has 0 radical (unpaired) electrons. The van der Waals surface area contributed by atoms with Gasteiger partial charge >= 0.3 is 0 Å². The molecule has 25 heavy (non-hydrogen) atoms. The Morgan fingerprint density at radius 1 is 1.36 bits per heavy atom. The molecule has 2 aliphatic rings. The molecule has 3 rings (SSSR count). The standard InChI is InChI=1S/C17H28N4O2S2/c1-10(14-9-12-4-5-13(14)8-12)19-15(22)11(2)24-17-21-20-16(25-17)18-6-7-23-3/h10-14H,4-9H2,1-3H3,(H,18,20)(H,19,22). The lowest BCUT2D eigenvalue weighted by Gasteiger charge is -2.29. The van der Waals surface area contributed by atoms with E-state index in [0.29, 0.717) is 19.1 Å². The minimum atomic E-state index is -0.166. The summed E-state index contributed by atoms with van der Waals surface area (Å²) < 4.78 is 5.81. The number of ether oxygens (including phenoxy) is 1. The number of anilines is 1. The molecule has 0 spiro atoms. The van der Waals surface area contributed by atoms with Gasteiger partial charge in [0.2, 0.25) is 11.0 Å². The van der Waals surface area contributed by atoms with E-state index in [9.17, 15) is 4.79 Å². The Balaban J connectivity index is 1.44. The van der Waals surface area contributed by atoms with Crippen molar-refractivity contribution < 1.29 is 9.53 Å². The fraction of sp³-hybridized carbons (Fsp3) is 0.824. The topological polar surface area (TPSA) is 76.1 Å². The van der Waals surface area contributed by atoms with Gasteiger partial charge in [0.05, 0.1) is 11.9 Å². The maximum absolute atomic E-state index is 12.5. The Morgan fingerprint density at radius 2 is 2.20 bits per heavy atom. The number of nitrogens with zero attached hydrogens (tertiary/aromatic N) is 2. The van der Waals surface area contributed by atoms with E-state index in [1.54, 1.807) is 7.11 Å². The summed E-state index contributed by atoms with van der Waals surface area (Å²) in [5.41, 5.74) is 0. The van der Waals surface area contributed by atoms with Gasteiger partial charge in [-0.2, -0.15) is 0 Å². The van der Waals surface area contributed by atoms with E-state index in [1.165, 1.54) is 48.8 Å². The van der Waals surface area contributed by atoms with Gasteiger partial charge in [0.25, 0.3) is 0 Å². The number of fused-ring (bicyclic) bond motifs is 2. The lowest BCUT2D eigenvalue weighted by molar-refractivity contribution is -0.121. The molecule has 6 nitrogen and oxygen atoms in total. The Labute approximate surface area is 157 Å². The number of amides is 1. The minimum absolute atomic E-state index is 0.101. The second-order valence-corrected chi connectivity index (χ2v) is 9.75. The Kier molecular flexibility index (Phi) is 6.57. The number of hydrogen-bond donors (Lipinski definition) is 2. The van der Waals surface area contributed by atoms with Crippen LogP contribution in [0.25, 0.3) is 0 Å². The number of methoxy groups -OCH3 is 1. The van der Waals surface area contributed by atoms with Crippen molar-refractivity contribution in [3.8, 4) is 0 Å². The van der Waals surface area contributed by atoms with Gasteiger partial charge in [-0.25, -0.2) is 0 Å². The quantitative estimate of drug-likeness (QED) is 0.503. The monoisotopic (exact) mass is 384 g/mol. The molecule has 2 N–H and O–H groups in total. The van der Waals surface area contributed by atoms with Crippen LogP contribution in [0.2, 0.25) is 0 Å². The average molecular weight is 385 g/mol. The van der Waals surface area contributed by atoms with E-state index < -0.39 is 0 Å². The van der Waals surface area contributed by atoms with E-state index in [1.807, 2.05) is 6.92 Å². The molecule has 2 fully saturated rings. The number of thioether (sulfide) groups is 1. The highest BCUT2D eigenvalue weighted by molar-refractivity contribution is 8.02. The molecule has 8 heteroatoms. The van der Waals surface area contributed by atoms with Gasteiger partial charge in [-0.1, -0.05) is 29.5 Å². The summed E-state index contributed by atoms with van der Waals surface area (Å²) in [6.07, 6.45) is 5.41. The van der Waals surface area contributed by atoms with Crippen molar-refractivity contribution in [2.75, 3.05) is 25.6 Å². The fourth-order valence-corrected chi connectivity index (χ4v) is 6.08. The van der Waals surface area contributed by atoms with Gasteiger partial charge in [0, 0.05) is 19.7 Å². The highest BCUT2D eigenvalue weighted by Crippen LogP contribution is 2.49. The number of carbonyl (C=O) groups is 1. The summed E-state index contributed by atoms with van der Waals surface area (Å²) in [6.45, 7) is 5.44. The molecule has 2 bridgehead atoms. The molecular weight excluding hydrogens is 356 g/mol. The average Bonchev–Trinajstić information content (AvgIpc) is 3.31. The van der Waals surface area contributed by atoms with Gasteiger partial charge in [-0.3, -0.25) is 4.79 Å². The van der Waals surface area contributed by atoms with Crippen molar-refractivity contribution in [2.24, 2.45) is 17.8 Å². The van der Waals surface area contributed by atoms with Gasteiger partial charge in [-0.05, 0) is 50.9 Å². The Hall–Kier alpha value is -0.860. The molecule has 0 aromatic carbocycles. The molecule has 140 valence electrons. The largest absolute Gasteiger partial charge is 0.383 e. The van der Waals surface area contributed by atoms with Crippen LogP contribution in [0, 0.1) is 17.8 Å². The molecule has 1 heterocycles. The molecule has 0 aliphatic heterocycles. The van der Waals surface area contributed by atoms with Crippen LogP contribution in [0.4, 0.5) is 5.13 Å².